The minimum absolute atomic E-state index is 0.144. The van der Waals surface area contributed by atoms with Gasteiger partial charge in [0.1, 0.15) is 4.83 Å². The van der Waals surface area contributed by atoms with Crippen LogP contribution in [-0.2, 0) is 11.3 Å². The average molecular weight is 335 g/mol. The molecule has 0 aliphatic heterocycles. The number of H-pyrrole nitrogens is 1. The van der Waals surface area contributed by atoms with Crippen molar-refractivity contribution in [3.05, 3.63) is 43.7 Å². The molecule has 1 amide bonds. The normalized spacial score (nSPS) is 11.1. The zero-order valence-corrected chi connectivity index (χ0v) is 13.1. The number of hydrogen-bond acceptors (Lipinski definition) is 5. The van der Waals surface area contributed by atoms with Crippen molar-refractivity contribution < 1.29 is 4.79 Å². The largest absolute Gasteiger partial charge is 0.370 e. The highest BCUT2D eigenvalue weighted by atomic mass is 32.1. The molecule has 0 saturated carbocycles. The summed E-state index contributed by atoms with van der Waals surface area (Å²) >= 11 is 2.88. The first-order valence-electron chi connectivity index (χ1n) is 6.64. The van der Waals surface area contributed by atoms with Gasteiger partial charge in [-0.25, -0.2) is 4.79 Å². The number of rotatable bonds is 5. The highest BCUT2D eigenvalue weighted by molar-refractivity contribution is 7.18. The quantitative estimate of drug-likeness (QED) is 0.743. The molecule has 6 nitrogen and oxygen atoms in total. The molecule has 3 aromatic heterocycles. The number of amides is 1. The molecule has 8 heteroatoms. The molecule has 3 rings (SSSR count). The second-order valence-electron chi connectivity index (χ2n) is 4.79. The Hall–Kier alpha value is -2.19. The Morgan fingerprint density at radius 1 is 1.32 bits per heavy atom. The fourth-order valence-electron chi connectivity index (χ4n) is 2.28. The van der Waals surface area contributed by atoms with Gasteiger partial charge in [0.05, 0.1) is 5.39 Å². The Morgan fingerprint density at radius 2 is 2.14 bits per heavy atom. The number of aromatic nitrogens is 2. The molecule has 0 aromatic carbocycles. The van der Waals surface area contributed by atoms with Gasteiger partial charge in [-0.05, 0) is 17.9 Å². The van der Waals surface area contributed by atoms with Crippen LogP contribution in [0.3, 0.4) is 0 Å². The molecule has 0 saturated heterocycles. The van der Waals surface area contributed by atoms with E-state index in [1.54, 1.807) is 11.3 Å². The molecule has 114 valence electrons. The van der Waals surface area contributed by atoms with Crippen LogP contribution in [0.1, 0.15) is 12.8 Å². The maximum absolute atomic E-state index is 12.6. The lowest BCUT2D eigenvalue weighted by Crippen LogP contribution is -2.35. The molecule has 3 aromatic rings. The van der Waals surface area contributed by atoms with Crippen LogP contribution in [0.25, 0.3) is 20.7 Å². The third kappa shape index (κ3) is 2.62. The molecule has 0 unspecified atom stereocenters. The summed E-state index contributed by atoms with van der Waals surface area (Å²) in [5.74, 6) is -0.444. The minimum Gasteiger partial charge on any atom is -0.370 e. The molecule has 0 spiro atoms. The number of primary amides is 1. The summed E-state index contributed by atoms with van der Waals surface area (Å²) in [5, 5.41) is 4.34. The molecule has 0 radical (unpaired) electrons. The molecular weight excluding hydrogens is 322 g/mol. The van der Waals surface area contributed by atoms with Gasteiger partial charge in [0, 0.05) is 28.8 Å². The molecule has 3 N–H and O–H groups in total. The molecule has 0 bridgehead atoms. The molecule has 0 aliphatic rings. The summed E-state index contributed by atoms with van der Waals surface area (Å²) in [5.41, 5.74) is 5.14. The number of nitrogens with two attached hydrogens (primary N) is 1. The highest BCUT2D eigenvalue weighted by Gasteiger charge is 2.15. The van der Waals surface area contributed by atoms with Gasteiger partial charge >= 0.3 is 5.69 Å². The lowest BCUT2D eigenvalue weighted by atomic mass is 10.2. The van der Waals surface area contributed by atoms with E-state index in [2.05, 4.69) is 4.98 Å². The fraction of sp³-hybridized carbons (Fsp3) is 0.214. The molecule has 0 fully saturated rings. The highest BCUT2D eigenvalue weighted by Crippen LogP contribution is 2.32. The smallest absolute Gasteiger partial charge is 0.329 e. The lowest BCUT2D eigenvalue weighted by molar-refractivity contribution is -0.118. The second-order valence-corrected chi connectivity index (χ2v) is 6.61. The van der Waals surface area contributed by atoms with E-state index < -0.39 is 11.6 Å². The second kappa shape index (κ2) is 5.90. The van der Waals surface area contributed by atoms with E-state index in [-0.39, 0.29) is 18.5 Å². The van der Waals surface area contributed by atoms with Crippen molar-refractivity contribution in [3.8, 4) is 10.4 Å². The van der Waals surface area contributed by atoms with Gasteiger partial charge in [-0.15, -0.1) is 22.7 Å². The van der Waals surface area contributed by atoms with Crippen LogP contribution in [-0.4, -0.2) is 15.5 Å². The van der Waals surface area contributed by atoms with Gasteiger partial charge in [-0.1, -0.05) is 6.07 Å². The summed E-state index contributed by atoms with van der Waals surface area (Å²) in [6, 6.07) is 3.86. The summed E-state index contributed by atoms with van der Waals surface area (Å²) < 4.78 is 1.13. The first-order valence-corrected chi connectivity index (χ1v) is 8.40. The molecule has 0 aliphatic carbocycles. The predicted octanol–water partition coefficient (Wildman–Crippen LogP) is 1.75. The first kappa shape index (κ1) is 14.7. The van der Waals surface area contributed by atoms with Gasteiger partial charge in [0.15, 0.2) is 0 Å². The average Bonchev–Trinajstić information content (AvgIpc) is 3.10. The molecule has 0 atom stereocenters. The Kier molecular flexibility index (Phi) is 3.95. The van der Waals surface area contributed by atoms with Crippen molar-refractivity contribution in [1.82, 2.24) is 9.55 Å². The van der Waals surface area contributed by atoms with Gasteiger partial charge in [0.2, 0.25) is 5.91 Å². The summed E-state index contributed by atoms with van der Waals surface area (Å²) in [6.07, 6.45) is 0.508. The first-order chi connectivity index (χ1) is 10.6. The topological polar surface area (TPSA) is 97.9 Å². The van der Waals surface area contributed by atoms with Crippen LogP contribution in [0.5, 0.6) is 0 Å². The Morgan fingerprint density at radius 3 is 2.82 bits per heavy atom. The Balaban J connectivity index is 2.10. The third-order valence-corrected chi connectivity index (χ3v) is 5.11. The van der Waals surface area contributed by atoms with Crippen LogP contribution >= 0.6 is 22.7 Å². The SMILES string of the molecule is NC(=O)CCCn1c(=O)[nH]c2scc(-c3cccs3)c2c1=O. The van der Waals surface area contributed by atoms with E-state index in [1.165, 1.54) is 11.3 Å². The minimum atomic E-state index is -0.457. The maximum atomic E-state index is 12.6. The number of carbonyl (C=O) groups excluding carboxylic acids is 1. The summed E-state index contributed by atoms with van der Waals surface area (Å²) in [6.45, 7) is 0.173. The van der Waals surface area contributed by atoms with Crippen LogP contribution in [0.4, 0.5) is 0 Å². The van der Waals surface area contributed by atoms with Crippen LogP contribution in [0.2, 0.25) is 0 Å². The number of nitrogens with zero attached hydrogens (tertiary/aromatic N) is 1. The predicted molar refractivity (Wildman–Crippen MR) is 88.4 cm³/mol. The number of fused-ring (bicyclic) bond motifs is 1. The van der Waals surface area contributed by atoms with E-state index in [0.29, 0.717) is 16.6 Å². The van der Waals surface area contributed by atoms with Crippen molar-refractivity contribution in [1.29, 1.82) is 0 Å². The van der Waals surface area contributed by atoms with E-state index in [0.717, 1.165) is 15.0 Å². The van der Waals surface area contributed by atoms with E-state index in [4.69, 9.17) is 5.73 Å². The van der Waals surface area contributed by atoms with Gasteiger partial charge in [0.25, 0.3) is 5.56 Å². The van der Waals surface area contributed by atoms with Crippen LogP contribution < -0.4 is 17.0 Å². The van der Waals surface area contributed by atoms with Crippen molar-refractivity contribution in [2.24, 2.45) is 5.73 Å². The molecule has 22 heavy (non-hydrogen) atoms. The fourth-order valence-corrected chi connectivity index (χ4v) is 4.05. The third-order valence-electron chi connectivity index (χ3n) is 3.31. The van der Waals surface area contributed by atoms with E-state index in [9.17, 15) is 14.4 Å². The Bertz CT molecular complexity index is 935. The number of thiophene rings is 2. The van der Waals surface area contributed by atoms with Crippen molar-refractivity contribution in [3.63, 3.8) is 0 Å². The van der Waals surface area contributed by atoms with Crippen molar-refractivity contribution in [2.75, 3.05) is 0 Å². The van der Waals surface area contributed by atoms with Crippen molar-refractivity contribution in [2.45, 2.75) is 19.4 Å². The zero-order valence-electron chi connectivity index (χ0n) is 11.5. The number of carbonyl (C=O) groups is 1. The summed E-state index contributed by atoms with van der Waals surface area (Å²) in [4.78, 5) is 39.8. The monoisotopic (exact) mass is 335 g/mol. The molecule has 3 heterocycles. The zero-order chi connectivity index (χ0) is 15.7. The van der Waals surface area contributed by atoms with Crippen molar-refractivity contribution >= 4 is 38.8 Å². The van der Waals surface area contributed by atoms with Gasteiger partial charge in [-0.2, -0.15) is 0 Å². The maximum Gasteiger partial charge on any atom is 0.329 e. The summed E-state index contributed by atoms with van der Waals surface area (Å²) in [7, 11) is 0. The number of aromatic amines is 1. The van der Waals surface area contributed by atoms with Crippen LogP contribution in [0, 0.1) is 0 Å². The number of nitrogens with one attached hydrogen (secondary N) is 1. The van der Waals surface area contributed by atoms with Crippen LogP contribution in [0.15, 0.2) is 32.5 Å². The van der Waals surface area contributed by atoms with Gasteiger partial charge < -0.3 is 5.73 Å². The standard InChI is InChI=1S/C14H13N3O3S2/c15-10(18)4-1-5-17-13(19)11-8(9-3-2-6-21-9)7-22-12(11)16-14(17)20/h2-3,6-7H,1,4-5H2,(H2,15,18)(H,16,20). The van der Waals surface area contributed by atoms with E-state index >= 15 is 0 Å². The van der Waals surface area contributed by atoms with E-state index in [1.807, 2.05) is 22.9 Å². The lowest BCUT2D eigenvalue weighted by Gasteiger charge is -2.04. The molecular formula is C14H13N3O3S2. The van der Waals surface area contributed by atoms with Gasteiger partial charge in [-0.3, -0.25) is 19.1 Å². The number of hydrogen-bond donors (Lipinski definition) is 2. The Labute approximate surface area is 132 Å².